The number of hydrogen-bond donors (Lipinski definition) is 1. The third kappa shape index (κ3) is 2.35. The third-order valence-electron chi connectivity index (χ3n) is 3.50. The van der Waals surface area contributed by atoms with Gasteiger partial charge in [-0.2, -0.15) is 0 Å². The van der Waals surface area contributed by atoms with Crippen LogP contribution in [0.5, 0.6) is 0 Å². The second kappa shape index (κ2) is 5.35. The van der Waals surface area contributed by atoms with Crippen LogP contribution in [0.15, 0.2) is 59.4 Å². The number of halogens is 1. The van der Waals surface area contributed by atoms with Gasteiger partial charge in [-0.3, -0.25) is 4.79 Å². The van der Waals surface area contributed by atoms with Crippen LogP contribution in [0.25, 0.3) is 22.2 Å². The monoisotopic (exact) mass is 298 g/mol. The van der Waals surface area contributed by atoms with Gasteiger partial charge in [-0.15, -0.1) is 0 Å². The summed E-state index contributed by atoms with van der Waals surface area (Å²) in [6, 6.07) is 16.7. The highest BCUT2D eigenvalue weighted by molar-refractivity contribution is 6.35. The molecule has 2 N–H and O–H groups in total. The molecule has 1 heterocycles. The fourth-order valence-electron chi connectivity index (χ4n) is 2.61. The Hall–Kier alpha value is -2.10. The Bertz CT molecular complexity index is 854. The Balaban J connectivity index is 2.49. The average molecular weight is 299 g/mol. The lowest BCUT2D eigenvalue weighted by molar-refractivity contribution is 0.594. The lowest BCUT2D eigenvalue weighted by Gasteiger charge is -2.21. The Morgan fingerprint density at radius 2 is 1.81 bits per heavy atom. The summed E-state index contributed by atoms with van der Waals surface area (Å²) in [7, 11) is 0. The Morgan fingerprint density at radius 3 is 2.48 bits per heavy atom. The summed E-state index contributed by atoms with van der Waals surface area (Å²) in [6.07, 6.45) is -0.303. The van der Waals surface area contributed by atoms with Gasteiger partial charge in [-0.05, 0) is 24.6 Å². The van der Waals surface area contributed by atoms with E-state index in [0.717, 1.165) is 11.3 Å². The molecule has 1 aromatic heterocycles. The van der Waals surface area contributed by atoms with Crippen molar-refractivity contribution in [3.05, 3.63) is 69.8 Å². The van der Waals surface area contributed by atoms with Crippen molar-refractivity contribution in [3.63, 3.8) is 0 Å². The van der Waals surface area contributed by atoms with Crippen LogP contribution >= 0.6 is 11.6 Å². The minimum atomic E-state index is -0.303. The van der Waals surface area contributed by atoms with Crippen molar-refractivity contribution >= 4 is 22.5 Å². The number of nitrogens with zero attached hydrogens (tertiary/aromatic N) is 1. The molecule has 4 heteroatoms. The van der Waals surface area contributed by atoms with Crippen molar-refractivity contribution in [1.82, 2.24) is 4.57 Å². The van der Waals surface area contributed by atoms with Crippen molar-refractivity contribution in [2.24, 2.45) is 5.73 Å². The van der Waals surface area contributed by atoms with E-state index >= 15 is 0 Å². The maximum absolute atomic E-state index is 12.4. The van der Waals surface area contributed by atoms with Crippen LogP contribution in [0.3, 0.4) is 0 Å². The summed E-state index contributed by atoms with van der Waals surface area (Å²) in [5.41, 5.74) is 8.48. The van der Waals surface area contributed by atoms with Gasteiger partial charge in [0.2, 0.25) is 0 Å². The summed E-state index contributed by atoms with van der Waals surface area (Å²) in [5.74, 6) is 0. The molecule has 0 bridgehead atoms. The van der Waals surface area contributed by atoms with Crippen LogP contribution in [-0.2, 0) is 0 Å². The second-order valence-corrected chi connectivity index (χ2v) is 5.41. The summed E-state index contributed by atoms with van der Waals surface area (Å²) in [5, 5.41) is 1.11. The highest BCUT2D eigenvalue weighted by atomic mass is 35.5. The molecule has 0 aliphatic rings. The molecule has 21 heavy (non-hydrogen) atoms. The van der Waals surface area contributed by atoms with Gasteiger partial charge < -0.3 is 10.3 Å². The predicted octanol–water partition coefficient (Wildman–Crippen LogP) is 3.80. The second-order valence-electron chi connectivity index (χ2n) is 5.01. The first-order valence-electron chi connectivity index (χ1n) is 6.74. The molecular weight excluding hydrogens is 284 g/mol. The number of fused-ring (bicyclic) bond motifs is 1. The van der Waals surface area contributed by atoms with E-state index in [1.807, 2.05) is 41.8 Å². The van der Waals surface area contributed by atoms with E-state index in [1.165, 1.54) is 0 Å². The maximum atomic E-state index is 12.4. The van der Waals surface area contributed by atoms with E-state index in [1.54, 1.807) is 24.3 Å². The number of pyridine rings is 1. The van der Waals surface area contributed by atoms with Crippen molar-refractivity contribution < 1.29 is 0 Å². The molecule has 1 unspecified atom stereocenters. The van der Waals surface area contributed by atoms with E-state index < -0.39 is 0 Å². The topological polar surface area (TPSA) is 48.0 Å². The van der Waals surface area contributed by atoms with Crippen molar-refractivity contribution in [2.75, 3.05) is 0 Å². The van der Waals surface area contributed by atoms with Crippen molar-refractivity contribution in [2.45, 2.75) is 13.1 Å². The standard InChI is InChI=1S/C17H15ClN2O/c1-11(19)20-15(12-6-3-2-4-7-12)10-16(21)13-8-5-9-14(18)17(13)20/h2-11H,19H2,1H3. The zero-order valence-electron chi connectivity index (χ0n) is 11.6. The van der Waals surface area contributed by atoms with Crippen LogP contribution < -0.4 is 11.2 Å². The fourth-order valence-corrected chi connectivity index (χ4v) is 2.87. The molecule has 2 aromatic carbocycles. The summed E-state index contributed by atoms with van der Waals surface area (Å²) >= 11 is 6.32. The molecule has 0 saturated heterocycles. The molecule has 0 amide bonds. The van der Waals surface area contributed by atoms with Gasteiger partial charge in [0.15, 0.2) is 5.43 Å². The molecule has 0 radical (unpaired) electrons. The smallest absolute Gasteiger partial charge is 0.190 e. The SMILES string of the molecule is CC(N)n1c(-c2ccccc2)cc(=O)c2cccc(Cl)c21. The Labute approximate surface area is 127 Å². The molecule has 0 fully saturated rings. The number of rotatable bonds is 2. The normalized spacial score (nSPS) is 12.5. The van der Waals surface area contributed by atoms with Crippen LogP contribution in [0.4, 0.5) is 0 Å². The van der Waals surface area contributed by atoms with E-state index in [-0.39, 0.29) is 11.6 Å². The first kappa shape index (κ1) is 13.9. The van der Waals surface area contributed by atoms with Crippen LogP contribution in [0.1, 0.15) is 13.1 Å². The number of nitrogens with two attached hydrogens (primary N) is 1. The third-order valence-corrected chi connectivity index (χ3v) is 3.80. The predicted molar refractivity (Wildman–Crippen MR) is 87.6 cm³/mol. The van der Waals surface area contributed by atoms with Crippen molar-refractivity contribution in [1.29, 1.82) is 0 Å². The minimum Gasteiger partial charge on any atom is -0.323 e. The summed E-state index contributed by atoms with van der Waals surface area (Å²) in [6.45, 7) is 1.87. The van der Waals surface area contributed by atoms with E-state index in [4.69, 9.17) is 17.3 Å². The Morgan fingerprint density at radius 1 is 1.10 bits per heavy atom. The van der Waals surface area contributed by atoms with Crippen molar-refractivity contribution in [3.8, 4) is 11.3 Å². The molecular formula is C17H15ClN2O. The molecule has 3 rings (SSSR count). The molecule has 1 atom stereocenters. The van der Waals surface area contributed by atoms with Crippen LogP contribution in [0.2, 0.25) is 5.02 Å². The Kier molecular flexibility index (Phi) is 3.53. The maximum Gasteiger partial charge on any atom is 0.190 e. The number of benzene rings is 2. The van der Waals surface area contributed by atoms with E-state index in [0.29, 0.717) is 15.9 Å². The average Bonchev–Trinajstić information content (AvgIpc) is 2.48. The first-order valence-corrected chi connectivity index (χ1v) is 7.12. The van der Waals surface area contributed by atoms with E-state index in [2.05, 4.69) is 0 Å². The number of aromatic nitrogens is 1. The fraction of sp³-hybridized carbons (Fsp3) is 0.118. The highest BCUT2D eigenvalue weighted by Gasteiger charge is 2.15. The lowest BCUT2D eigenvalue weighted by Crippen LogP contribution is -2.21. The highest BCUT2D eigenvalue weighted by Crippen LogP contribution is 2.29. The molecule has 3 nitrogen and oxygen atoms in total. The largest absolute Gasteiger partial charge is 0.323 e. The molecule has 106 valence electrons. The summed E-state index contributed by atoms with van der Waals surface area (Å²) in [4.78, 5) is 12.4. The van der Waals surface area contributed by atoms with Gasteiger partial charge in [0.05, 0.1) is 22.4 Å². The molecule has 0 saturated carbocycles. The zero-order chi connectivity index (χ0) is 15.0. The zero-order valence-corrected chi connectivity index (χ0v) is 12.3. The molecule has 0 aliphatic heterocycles. The van der Waals surface area contributed by atoms with Crippen LogP contribution in [0, 0.1) is 0 Å². The quantitative estimate of drug-likeness (QED) is 0.782. The van der Waals surface area contributed by atoms with Gasteiger partial charge >= 0.3 is 0 Å². The minimum absolute atomic E-state index is 0.0525. The molecule has 0 aliphatic carbocycles. The lowest BCUT2D eigenvalue weighted by atomic mass is 10.1. The van der Waals surface area contributed by atoms with Gasteiger partial charge in [-0.1, -0.05) is 48.0 Å². The molecule has 0 spiro atoms. The first-order chi connectivity index (χ1) is 10.1. The van der Waals surface area contributed by atoms with E-state index in [9.17, 15) is 4.79 Å². The van der Waals surface area contributed by atoms with Gasteiger partial charge in [-0.25, -0.2) is 0 Å². The van der Waals surface area contributed by atoms with Gasteiger partial charge in [0.1, 0.15) is 0 Å². The van der Waals surface area contributed by atoms with Crippen LogP contribution in [-0.4, -0.2) is 4.57 Å². The number of para-hydroxylation sites is 1. The summed E-state index contributed by atoms with van der Waals surface area (Å²) < 4.78 is 1.91. The number of hydrogen-bond acceptors (Lipinski definition) is 2. The van der Waals surface area contributed by atoms with Gasteiger partial charge in [0.25, 0.3) is 0 Å². The molecule has 3 aromatic rings. The van der Waals surface area contributed by atoms with Gasteiger partial charge in [0, 0.05) is 11.5 Å².